The van der Waals surface area contributed by atoms with Crippen molar-refractivity contribution in [1.29, 1.82) is 0 Å². The molecule has 52 heavy (non-hydrogen) atoms. The number of anilines is 3. The molecule has 1 heterocycles. The zero-order chi connectivity index (χ0) is 35.1. The molecular weight excluding hydrogens is 633 g/mol. The minimum atomic E-state index is -0.135. The maximum absolute atomic E-state index is 5.23. The van der Waals surface area contributed by atoms with Crippen LogP contribution in [-0.4, -0.2) is 15.0 Å². The SMILES string of the molecule is CC1(C)c2ccccc2-c2c(-c3nc(-c4ccc(N(c5ccccc5)c5ccccc5)cc4)nc(-c4cccc(-c5ccccc5)c4)n3)cccc21. The van der Waals surface area contributed by atoms with Crippen molar-refractivity contribution in [3.63, 3.8) is 0 Å². The van der Waals surface area contributed by atoms with Crippen LogP contribution in [0, 0.1) is 0 Å². The fraction of sp³-hybridized carbons (Fsp3) is 0.0625. The summed E-state index contributed by atoms with van der Waals surface area (Å²) >= 11 is 0. The van der Waals surface area contributed by atoms with Gasteiger partial charge in [0.1, 0.15) is 0 Å². The molecule has 0 aliphatic heterocycles. The van der Waals surface area contributed by atoms with Crippen molar-refractivity contribution in [2.45, 2.75) is 19.3 Å². The largest absolute Gasteiger partial charge is 0.311 e. The number of fused-ring (bicyclic) bond motifs is 3. The molecule has 4 heteroatoms. The summed E-state index contributed by atoms with van der Waals surface area (Å²) in [6.45, 7) is 4.60. The van der Waals surface area contributed by atoms with Gasteiger partial charge in [0.2, 0.25) is 0 Å². The number of benzene rings is 7. The quantitative estimate of drug-likeness (QED) is 0.169. The van der Waals surface area contributed by atoms with Gasteiger partial charge in [0.25, 0.3) is 0 Å². The number of rotatable bonds is 7. The fourth-order valence-electron chi connectivity index (χ4n) is 7.52. The molecule has 0 radical (unpaired) electrons. The Balaban J connectivity index is 1.20. The topological polar surface area (TPSA) is 41.9 Å². The fourth-order valence-corrected chi connectivity index (χ4v) is 7.52. The third-order valence-electron chi connectivity index (χ3n) is 10.1. The Hall–Kier alpha value is -6.65. The lowest BCUT2D eigenvalue weighted by atomic mass is 9.82. The number of hydrogen-bond donors (Lipinski definition) is 0. The van der Waals surface area contributed by atoms with Crippen LogP contribution in [-0.2, 0) is 5.41 Å². The van der Waals surface area contributed by atoms with Gasteiger partial charge in [0.15, 0.2) is 17.5 Å². The Bertz CT molecular complexity index is 2490. The highest BCUT2D eigenvalue weighted by atomic mass is 15.1. The molecule has 1 aliphatic carbocycles. The molecule has 0 saturated carbocycles. The van der Waals surface area contributed by atoms with Gasteiger partial charge in [0, 0.05) is 39.2 Å². The highest BCUT2D eigenvalue weighted by Gasteiger charge is 2.37. The van der Waals surface area contributed by atoms with Gasteiger partial charge >= 0.3 is 0 Å². The van der Waals surface area contributed by atoms with E-state index in [4.69, 9.17) is 15.0 Å². The van der Waals surface area contributed by atoms with Gasteiger partial charge in [0.05, 0.1) is 0 Å². The lowest BCUT2D eigenvalue weighted by Gasteiger charge is -2.25. The van der Waals surface area contributed by atoms with Gasteiger partial charge < -0.3 is 4.90 Å². The Morgan fingerprint density at radius 2 is 0.846 bits per heavy atom. The molecule has 7 aromatic carbocycles. The minimum absolute atomic E-state index is 0.135. The van der Waals surface area contributed by atoms with Crippen LogP contribution < -0.4 is 4.90 Å². The molecule has 0 bridgehead atoms. The summed E-state index contributed by atoms with van der Waals surface area (Å²) in [5.74, 6) is 1.93. The average molecular weight is 669 g/mol. The molecule has 4 nitrogen and oxygen atoms in total. The molecule has 0 spiro atoms. The van der Waals surface area contributed by atoms with Crippen LogP contribution in [0.4, 0.5) is 17.1 Å². The molecule has 248 valence electrons. The van der Waals surface area contributed by atoms with Crippen LogP contribution in [0.3, 0.4) is 0 Å². The second kappa shape index (κ2) is 12.9. The highest BCUT2D eigenvalue weighted by Crippen LogP contribution is 2.51. The average Bonchev–Trinajstić information content (AvgIpc) is 3.45. The second-order valence-electron chi connectivity index (χ2n) is 13.7. The predicted octanol–water partition coefficient (Wildman–Crippen LogP) is 12.3. The molecule has 1 aliphatic rings. The van der Waals surface area contributed by atoms with E-state index in [1.165, 1.54) is 22.3 Å². The van der Waals surface area contributed by atoms with E-state index in [1.54, 1.807) is 0 Å². The summed E-state index contributed by atoms with van der Waals surface area (Å²) in [5, 5.41) is 0. The van der Waals surface area contributed by atoms with Crippen molar-refractivity contribution in [3.05, 3.63) is 193 Å². The Labute approximate surface area is 304 Å². The van der Waals surface area contributed by atoms with Crippen LogP contribution in [0.2, 0.25) is 0 Å². The van der Waals surface area contributed by atoms with Crippen LogP contribution in [0.1, 0.15) is 25.0 Å². The minimum Gasteiger partial charge on any atom is -0.311 e. The summed E-state index contributed by atoms with van der Waals surface area (Å²) in [5.41, 5.74) is 13.3. The molecule has 9 rings (SSSR count). The Kier molecular flexibility index (Phi) is 7.78. The van der Waals surface area contributed by atoms with Crippen LogP contribution >= 0.6 is 0 Å². The van der Waals surface area contributed by atoms with Gasteiger partial charge in [-0.05, 0) is 88.0 Å². The van der Waals surface area contributed by atoms with E-state index in [2.05, 4.69) is 183 Å². The van der Waals surface area contributed by atoms with Crippen LogP contribution in [0.5, 0.6) is 0 Å². The van der Waals surface area contributed by atoms with E-state index in [0.29, 0.717) is 17.5 Å². The summed E-state index contributed by atoms with van der Waals surface area (Å²) in [7, 11) is 0. The zero-order valence-electron chi connectivity index (χ0n) is 29.1. The smallest absolute Gasteiger partial charge is 0.164 e. The van der Waals surface area contributed by atoms with Crippen LogP contribution in [0.15, 0.2) is 182 Å². The van der Waals surface area contributed by atoms with Gasteiger partial charge in [-0.15, -0.1) is 0 Å². The second-order valence-corrected chi connectivity index (χ2v) is 13.7. The lowest BCUT2D eigenvalue weighted by molar-refractivity contribution is 0.660. The Morgan fingerprint density at radius 3 is 1.54 bits per heavy atom. The van der Waals surface area contributed by atoms with E-state index in [1.807, 2.05) is 18.2 Å². The van der Waals surface area contributed by atoms with Crippen molar-refractivity contribution >= 4 is 17.1 Å². The number of aromatic nitrogens is 3. The first-order chi connectivity index (χ1) is 25.5. The van der Waals surface area contributed by atoms with Gasteiger partial charge in [-0.25, -0.2) is 15.0 Å². The lowest BCUT2D eigenvalue weighted by Crippen LogP contribution is -2.14. The summed E-state index contributed by atoms with van der Waals surface area (Å²) < 4.78 is 0. The Morgan fingerprint density at radius 1 is 0.365 bits per heavy atom. The van der Waals surface area contributed by atoms with E-state index >= 15 is 0 Å². The standard InChI is InChI=1S/C48H36N4/c1-48(2)42-26-13-12-24-40(42)44-41(25-15-27-43(44)48)47-50-45(49-46(51-47)36-19-14-18-35(32-36)33-16-6-3-7-17-33)34-28-30-39(31-29-34)52(37-20-8-4-9-21-37)38-22-10-5-11-23-38/h3-32H,1-2H3. The maximum atomic E-state index is 5.23. The first-order valence-electron chi connectivity index (χ1n) is 17.7. The molecule has 0 atom stereocenters. The zero-order valence-corrected chi connectivity index (χ0v) is 29.1. The first kappa shape index (κ1) is 31.3. The third kappa shape index (κ3) is 5.55. The summed E-state index contributed by atoms with van der Waals surface area (Å²) in [6.07, 6.45) is 0. The molecular formula is C48H36N4. The van der Waals surface area contributed by atoms with Crippen LogP contribution in [0.25, 0.3) is 56.4 Å². The monoisotopic (exact) mass is 668 g/mol. The third-order valence-corrected chi connectivity index (χ3v) is 10.1. The van der Waals surface area contributed by atoms with Gasteiger partial charge in [-0.2, -0.15) is 0 Å². The van der Waals surface area contributed by atoms with Crippen molar-refractivity contribution in [1.82, 2.24) is 15.0 Å². The summed E-state index contributed by atoms with van der Waals surface area (Å²) in [6, 6.07) is 63.6. The molecule has 0 unspecified atom stereocenters. The number of para-hydroxylation sites is 2. The normalized spacial score (nSPS) is 12.6. The number of nitrogens with zero attached hydrogens (tertiary/aromatic N) is 4. The molecule has 0 saturated heterocycles. The molecule has 1 aromatic heterocycles. The number of hydrogen-bond acceptors (Lipinski definition) is 4. The molecule has 0 fully saturated rings. The van der Waals surface area contributed by atoms with Crippen molar-refractivity contribution in [2.75, 3.05) is 4.90 Å². The van der Waals surface area contributed by atoms with Crippen molar-refractivity contribution < 1.29 is 0 Å². The van der Waals surface area contributed by atoms with Crippen molar-refractivity contribution in [2.24, 2.45) is 0 Å². The van der Waals surface area contributed by atoms with E-state index < -0.39 is 0 Å². The molecule has 0 N–H and O–H groups in total. The van der Waals surface area contributed by atoms with E-state index in [9.17, 15) is 0 Å². The van der Waals surface area contributed by atoms with Crippen molar-refractivity contribution in [3.8, 4) is 56.4 Å². The molecule has 0 amide bonds. The predicted molar refractivity (Wildman–Crippen MR) is 214 cm³/mol. The van der Waals surface area contributed by atoms with Gasteiger partial charge in [-0.3, -0.25) is 0 Å². The van der Waals surface area contributed by atoms with Gasteiger partial charge in [-0.1, -0.05) is 141 Å². The van der Waals surface area contributed by atoms with E-state index in [-0.39, 0.29) is 5.41 Å². The summed E-state index contributed by atoms with van der Waals surface area (Å²) in [4.78, 5) is 17.9. The highest BCUT2D eigenvalue weighted by molar-refractivity contribution is 5.91. The maximum Gasteiger partial charge on any atom is 0.164 e. The first-order valence-corrected chi connectivity index (χ1v) is 17.7. The molecule has 8 aromatic rings. The van der Waals surface area contributed by atoms with E-state index in [0.717, 1.165) is 44.9 Å².